The zero-order valence-electron chi connectivity index (χ0n) is 22.4. The van der Waals surface area contributed by atoms with Gasteiger partial charge in [-0.15, -0.1) is 19.7 Å². The van der Waals surface area contributed by atoms with Crippen molar-refractivity contribution in [3.8, 4) is 0 Å². The topological polar surface area (TPSA) is 92.3 Å². The van der Waals surface area contributed by atoms with Gasteiger partial charge in [0.25, 0.3) is 0 Å². The summed E-state index contributed by atoms with van der Waals surface area (Å²) in [6.07, 6.45) is 1.71. The minimum absolute atomic E-state index is 0.199. The Bertz CT molecular complexity index is 785. The Labute approximate surface area is 219 Å². The van der Waals surface area contributed by atoms with Gasteiger partial charge < -0.3 is 47.4 Å². The maximum Gasteiger partial charge on any atom is 0.190 e. The first-order valence-corrected chi connectivity index (χ1v) is 12.9. The first-order chi connectivity index (χ1) is 17.7. The van der Waals surface area contributed by atoms with Crippen molar-refractivity contribution in [2.75, 3.05) is 33.0 Å². The Hall–Kier alpha value is -1.18. The highest BCUT2D eigenvalue weighted by atomic mass is 16.9. The maximum atomic E-state index is 6.29. The lowest BCUT2D eigenvalue weighted by Crippen LogP contribution is -2.57. The first-order valence-electron chi connectivity index (χ1n) is 12.9. The van der Waals surface area contributed by atoms with Crippen molar-refractivity contribution >= 4 is 0 Å². The van der Waals surface area contributed by atoms with E-state index in [4.69, 9.17) is 47.4 Å². The summed E-state index contributed by atoms with van der Waals surface area (Å²) in [7, 11) is 0. The summed E-state index contributed by atoms with van der Waals surface area (Å²) >= 11 is 0. The van der Waals surface area contributed by atoms with E-state index in [1.54, 1.807) is 18.2 Å². The largest absolute Gasteiger partial charge is 0.375 e. The van der Waals surface area contributed by atoms with Gasteiger partial charge in [0.15, 0.2) is 24.2 Å². The minimum Gasteiger partial charge on any atom is -0.375 e. The molecule has 0 aromatic heterocycles. The number of rotatable bonds is 13. The molecule has 0 spiro atoms. The Kier molecular flexibility index (Phi) is 9.61. The zero-order chi connectivity index (χ0) is 26.6. The van der Waals surface area contributed by atoms with E-state index in [1.165, 1.54) is 0 Å². The third-order valence-electron chi connectivity index (χ3n) is 6.53. The van der Waals surface area contributed by atoms with Crippen molar-refractivity contribution in [3.05, 3.63) is 38.0 Å². The molecule has 37 heavy (non-hydrogen) atoms. The molecule has 10 nitrogen and oxygen atoms in total. The SMILES string of the molecule is C=CCOC[C@H]1O[C@H](OC[C@H]2O[C@@H]3OC(C)(C)O[C@@H]3[C@H]3OC(C)(C)O[C@H]32)C[C@@H](OCC=C)[C@H]1OCC=C. The van der Waals surface area contributed by atoms with Gasteiger partial charge in [-0.2, -0.15) is 0 Å². The summed E-state index contributed by atoms with van der Waals surface area (Å²) in [5.41, 5.74) is 0. The van der Waals surface area contributed by atoms with Crippen LogP contribution >= 0.6 is 0 Å². The summed E-state index contributed by atoms with van der Waals surface area (Å²) < 4.78 is 61.1. The van der Waals surface area contributed by atoms with Crippen LogP contribution < -0.4 is 0 Å². The lowest BCUT2D eigenvalue weighted by atomic mass is 9.99. The molecule has 4 heterocycles. The highest BCUT2D eigenvalue weighted by Gasteiger charge is 2.60. The Morgan fingerprint density at radius 3 is 2.08 bits per heavy atom. The lowest BCUT2D eigenvalue weighted by Gasteiger charge is -2.42. The predicted molar refractivity (Wildman–Crippen MR) is 133 cm³/mol. The van der Waals surface area contributed by atoms with Crippen molar-refractivity contribution in [1.82, 2.24) is 0 Å². The molecule has 0 saturated carbocycles. The average molecular weight is 527 g/mol. The second-order valence-electron chi connectivity index (χ2n) is 10.5. The summed E-state index contributed by atoms with van der Waals surface area (Å²) in [5.74, 6) is -1.57. The molecule has 4 rings (SSSR count). The first kappa shape index (κ1) is 28.8. The van der Waals surface area contributed by atoms with Gasteiger partial charge in [0.05, 0.1) is 39.1 Å². The van der Waals surface area contributed by atoms with Gasteiger partial charge in [-0.3, -0.25) is 0 Å². The Morgan fingerprint density at radius 2 is 1.35 bits per heavy atom. The minimum atomic E-state index is -0.785. The molecule has 0 aromatic carbocycles. The standard InChI is InChI=1S/C27H42O10/c1-8-11-28-15-18-21(30-13-10-3)17(29-12-9-2)14-20(32-18)31-16-19-22-23(35-26(4,5)34-22)24-25(33-19)37-27(6,7)36-24/h8-10,17-25H,1-3,11-16H2,4-7H3/t17-,18-,19-,20+,21-,22+,23+,24-,25-/m1/s1. The normalized spacial score (nSPS) is 40.1. The molecular weight excluding hydrogens is 484 g/mol. The van der Waals surface area contributed by atoms with Crippen LogP contribution in [0.5, 0.6) is 0 Å². The monoisotopic (exact) mass is 526 g/mol. The molecule has 0 N–H and O–H groups in total. The maximum absolute atomic E-state index is 6.29. The van der Waals surface area contributed by atoms with Crippen LogP contribution in [0.25, 0.3) is 0 Å². The van der Waals surface area contributed by atoms with E-state index in [2.05, 4.69) is 19.7 Å². The number of ether oxygens (including phenoxy) is 10. The van der Waals surface area contributed by atoms with Crippen LogP contribution in [-0.2, 0) is 47.4 Å². The van der Waals surface area contributed by atoms with Crippen LogP contribution in [0.2, 0.25) is 0 Å². The molecule has 0 radical (unpaired) electrons. The van der Waals surface area contributed by atoms with Crippen LogP contribution in [0.3, 0.4) is 0 Å². The smallest absolute Gasteiger partial charge is 0.190 e. The summed E-state index contributed by atoms with van der Waals surface area (Å²) in [5, 5.41) is 0. The van der Waals surface area contributed by atoms with Gasteiger partial charge in [-0.1, -0.05) is 18.2 Å². The van der Waals surface area contributed by atoms with Crippen LogP contribution in [0.15, 0.2) is 38.0 Å². The van der Waals surface area contributed by atoms with E-state index in [1.807, 2.05) is 27.7 Å². The number of hydrogen-bond acceptors (Lipinski definition) is 10. The van der Waals surface area contributed by atoms with Crippen LogP contribution in [0.4, 0.5) is 0 Å². The second-order valence-corrected chi connectivity index (χ2v) is 10.5. The molecule has 4 aliphatic heterocycles. The molecule has 0 unspecified atom stereocenters. The van der Waals surface area contributed by atoms with E-state index in [0.29, 0.717) is 32.8 Å². The van der Waals surface area contributed by atoms with Gasteiger partial charge in [-0.25, -0.2) is 0 Å². The van der Waals surface area contributed by atoms with Gasteiger partial charge in [0.1, 0.15) is 36.6 Å². The van der Waals surface area contributed by atoms with Gasteiger partial charge in [0.2, 0.25) is 0 Å². The molecule has 10 heteroatoms. The van der Waals surface area contributed by atoms with E-state index in [9.17, 15) is 0 Å². The third-order valence-corrected chi connectivity index (χ3v) is 6.53. The zero-order valence-corrected chi connectivity index (χ0v) is 22.4. The average Bonchev–Trinajstić information content (AvgIpc) is 3.34. The Morgan fingerprint density at radius 1 is 0.703 bits per heavy atom. The van der Waals surface area contributed by atoms with Crippen LogP contribution in [-0.4, -0.2) is 99.9 Å². The van der Waals surface area contributed by atoms with Gasteiger partial charge >= 0.3 is 0 Å². The van der Waals surface area contributed by atoms with Gasteiger partial charge in [0, 0.05) is 6.42 Å². The number of hydrogen-bond donors (Lipinski definition) is 0. The molecule has 0 aromatic rings. The molecule has 4 fully saturated rings. The van der Waals surface area contributed by atoms with E-state index in [-0.39, 0.29) is 31.0 Å². The molecule has 0 amide bonds. The van der Waals surface area contributed by atoms with Crippen LogP contribution in [0.1, 0.15) is 34.1 Å². The fourth-order valence-corrected chi connectivity index (χ4v) is 5.18. The summed E-state index contributed by atoms with van der Waals surface area (Å²) in [6.45, 7) is 20.3. The molecule has 4 aliphatic rings. The van der Waals surface area contributed by atoms with Crippen molar-refractivity contribution < 1.29 is 47.4 Å². The highest BCUT2D eigenvalue weighted by molar-refractivity contribution is 5.00. The summed E-state index contributed by atoms with van der Waals surface area (Å²) in [6, 6.07) is 0. The Balaban J connectivity index is 1.44. The third kappa shape index (κ3) is 7.07. The second kappa shape index (κ2) is 12.3. The molecular formula is C27H42O10. The summed E-state index contributed by atoms with van der Waals surface area (Å²) in [4.78, 5) is 0. The quantitative estimate of drug-likeness (QED) is 0.264. The van der Waals surface area contributed by atoms with E-state index < -0.39 is 42.5 Å². The van der Waals surface area contributed by atoms with Crippen molar-refractivity contribution in [2.45, 2.75) is 101 Å². The van der Waals surface area contributed by atoms with Crippen molar-refractivity contribution in [2.24, 2.45) is 0 Å². The molecule has 9 atom stereocenters. The fourth-order valence-electron chi connectivity index (χ4n) is 5.18. The van der Waals surface area contributed by atoms with Crippen molar-refractivity contribution in [1.29, 1.82) is 0 Å². The van der Waals surface area contributed by atoms with Crippen LogP contribution in [0, 0.1) is 0 Å². The molecule has 4 saturated heterocycles. The lowest BCUT2D eigenvalue weighted by molar-refractivity contribution is -0.292. The molecule has 0 bridgehead atoms. The predicted octanol–water partition coefficient (Wildman–Crippen LogP) is 2.86. The van der Waals surface area contributed by atoms with Gasteiger partial charge in [-0.05, 0) is 27.7 Å². The number of fused-ring (bicyclic) bond motifs is 3. The van der Waals surface area contributed by atoms with E-state index in [0.717, 1.165) is 0 Å². The molecule has 210 valence electrons. The van der Waals surface area contributed by atoms with Crippen molar-refractivity contribution in [3.63, 3.8) is 0 Å². The molecule has 0 aliphatic carbocycles. The van der Waals surface area contributed by atoms with E-state index >= 15 is 0 Å². The highest BCUT2D eigenvalue weighted by Crippen LogP contribution is 2.44. The fraction of sp³-hybridized carbons (Fsp3) is 0.778.